The highest BCUT2D eigenvalue weighted by Gasteiger charge is 2.20. The molecule has 1 rings (SSSR count). The second-order valence-corrected chi connectivity index (χ2v) is 4.96. The molecule has 98 valence electrons. The molecular formula is C12H23N3O2. The number of nitrogens with zero attached hydrogens (tertiary/aromatic N) is 1. The number of rotatable bonds is 3. The maximum Gasteiger partial charge on any atom is 0.314 e. The van der Waals surface area contributed by atoms with Gasteiger partial charge in [0.1, 0.15) is 0 Å². The van der Waals surface area contributed by atoms with Crippen molar-refractivity contribution in [3.05, 3.63) is 0 Å². The number of hydrogen-bond donors (Lipinski definition) is 2. The van der Waals surface area contributed by atoms with Gasteiger partial charge in [-0.15, -0.1) is 0 Å². The van der Waals surface area contributed by atoms with E-state index in [1.165, 1.54) is 0 Å². The van der Waals surface area contributed by atoms with Crippen molar-refractivity contribution in [1.29, 1.82) is 0 Å². The van der Waals surface area contributed by atoms with Gasteiger partial charge in [0, 0.05) is 32.6 Å². The van der Waals surface area contributed by atoms with E-state index >= 15 is 0 Å². The summed E-state index contributed by atoms with van der Waals surface area (Å²) in [4.78, 5) is 24.4. The summed E-state index contributed by atoms with van der Waals surface area (Å²) in [7, 11) is 0. The van der Waals surface area contributed by atoms with Gasteiger partial charge in [-0.3, -0.25) is 4.79 Å². The average Bonchev–Trinajstić information content (AvgIpc) is 2.26. The predicted octanol–water partition coefficient (Wildman–Crippen LogP) is 0.952. The molecule has 0 atom stereocenters. The van der Waals surface area contributed by atoms with E-state index in [9.17, 15) is 9.59 Å². The SMILES string of the molecule is CC(=O)N1CCC(CNC(=O)NC(C)C)CC1. The molecule has 0 aliphatic carbocycles. The first-order chi connectivity index (χ1) is 7.99. The maximum absolute atomic E-state index is 11.4. The fourth-order valence-electron chi connectivity index (χ4n) is 2.00. The van der Waals surface area contributed by atoms with Crippen LogP contribution in [0.5, 0.6) is 0 Å². The number of amides is 3. The summed E-state index contributed by atoms with van der Waals surface area (Å²) in [6.45, 7) is 7.80. The second kappa shape index (κ2) is 6.47. The molecule has 1 heterocycles. The Balaban J connectivity index is 2.18. The van der Waals surface area contributed by atoms with Crippen molar-refractivity contribution in [3.63, 3.8) is 0 Å². The van der Waals surface area contributed by atoms with Crippen LogP contribution in [0.3, 0.4) is 0 Å². The molecule has 0 aromatic heterocycles. The number of nitrogens with one attached hydrogen (secondary N) is 2. The van der Waals surface area contributed by atoms with Crippen LogP contribution in [0, 0.1) is 5.92 Å². The van der Waals surface area contributed by atoms with Crippen LogP contribution in [-0.2, 0) is 4.79 Å². The molecule has 0 aromatic carbocycles. The van der Waals surface area contributed by atoms with Crippen LogP contribution in [-0.4, -0.2) is 42.5 Å². The minimum Gasteiger partial charge on any atom is -0.343 e. The van der Waals surface area contributed by atoms with E-state index in [-0.39, 0.29) is 18.0 Å². The molecule has 17 heavy (non-hydrogen) atoms. The Morgan fingerprint density at radius 2 is 1.88 bits per heavy atom. The Morgan fingerprint density at radius 1 is 1.29 bits per heavy atom. The van der Waals surface area contributed by atoms with Crippen LogP contribution in [0.2, 0.25) is 0 Å². The number of likely N-dealkylation sites (tertiary alicyclic amines) is 1. The van der Waals surface area contributed by atoms with Crippen LogP contribution < -0.4 is 10.6 Å². The lowest BCUT2D eigenvalue weighted by Gasteiger charge is -2.31. The van der Waals surface area contributed by atoms with E-state index in [1.807, 2.05) is 18.7 Å². The summed E-state index contributed by atoms with van der Waals surface area (Å²) in [5.74, 6) is 0.637. The molecule has 1 fully saturated rings. The second-order valence-electron chi connectivity index (χ2n) is 4.96. The number of urea groups is 1. The Bertz CT molecular complexity index is 271. The lowest BCUT2D eigenvalue weighted by Crippen LogP contribution is -2.44. The maximum atomic E-state index is 11.4. The van der Waals surface area contributed by atoms with Crippen molar-refractivity contribution in [2.75, 3.05) is 19.6 Å². The molecule has 1 saturated heterocycles. The standard InChI is InChI=1S/C12H23N3O2/c1-9(2)14-12(17)13-8-11-4-6-15(7-5-11)10(3)16/h9,11H,4-8H2,1-3H3,(H2,13,14,17). The Hall–Kier alpha value is -1.26. The van der Waals surface area contributed by atoms with Crippen LogP contribution >= 0.6 is 0 Å². The third kappa shape index (κ3) is 5.06. The molecule has 0 radical (unpaired) electrons. The number of carbonyl (C=O) groups excluding carboxylic acids is 2. The van der Waals surface area contributed by atoms with E-state index in [0.717, 1.165) is 25.9 Å². The van der Waals surface area contributed by atoms with Gasteiger partial charge in [-0.25, -0.2) is 4.79 Å². The van der Waals surface area contributed by atoms with Gasteiger partial charge in [0.25, 0.3) is 0 Å². The molecule has 1 aliphatic heterocycles. The molecule has 5 heteroatoms. The Kier molecular flexibility index (Phi) is 5.25. The Labute approximate surface area is 103 Å². The first-order valence-electron chi connectivity index (χ1n) is 6.29. The molecular weight excluding hydrogens is 218 g/mol. The average molecular weight is 241 g/mol. The number of carbonyl (C=O) groups is 2. The molecule has 0 aromatic rings. The van der Waals surface area contributed by atoms with Gasteiger partial charge in [0.15, 0.2) is 0 Å². The summed E-state index contributed by atoms with van der Waals surface area (Å²) in [5.41, 5.74) is 0. The van der Waals surface area contributed by atoms with Gasteiger partial charge in [-0.1, -0.05) is 0 Å². The smallest absolute Gasteiger partial charge is 0.314 e. The third-order valence-electron chi connectivity index (χ3n) is 3.03. The van der Waals surface area contributed by atoms with Crippen LogP contribution in [0.1, 0.15) is 33.6 Å². The zero-order valence-electron chi connectivity index (χ0n) is 11.0. The molecule has 0 bridgehead atoms. The highest BCUT2D eigenvalue weighted by molar-refractivity contribution is 5.74. The Morgan fingerprint density at radius 3 is 2.35 bits per heavy atom. The molecule has 0 saturated carbocycles. The summed E-state index contributed by atoms with van der Waals surface area (Å²) in [6.07, 6.45) is 1.95. The van der Waals surface area contributed by atoms with Gasteiger partial charge in [0.2, 0.25) is 5.91 Å². The van der Waals surface area contributed by atoms with Crippen molar-refractivity contribution < 1.29 is 9.59 Å². The number of piperidine rings is 1. The lowest BCUT2D eigenvalue weighted by molar-refractivity contribution is -0.130. The fraction of sp³-hybridized carbons (Fsp3) is 0.833. The molecule has 5 nitrogen and oxygen atoms in total. The number of hydrogen-bond acceptors (Lipinski definition) is 2. The summed E-state index contributed by atoms with van der Waals surface area (Å²) >= 11 is 0. The first kappa shape index (κ1) is 13.8. The van der Waals surface area contributed by atoms with E-state index in [1.54, 1.807) is 6.92 Å². The van der Waals surface area contributed by atoms with Gasteiger partial charge in [-0.05, 0) is 32.6 Å². The third-order valence-corrected chi connectivity index (χ3v) is 3.03. The van der Waals surface area contributed by atoms with Crippen molar-refractivity contribution in [1.82, 2.24) is 15.5 Å². The van der Waals surface area contributed by atoms with E-state index in [2.05, 4.69) is 10.6 Å². The fourth-order valence-corrected chi connectivity index (χ4v) is 2.00. The van der Waals surface area contributed by atoms with Gasteiger partial charge in [-0.2, -0.15) is 0 Å². The molecule has 1 aliphatic rings. The quantitative estimate of drug-likeness (QED) is 0.773. The molecule has 0 spiro atoms. The van der Waals surface area contributed by atoms with Crippen molar-refractivity contribution in [2.24, 2.45) is 5.92 Å². The van der Waals surface area contributed by atoms with Crippen LogP contribution in [0.4, 0.5) is 4.79 Å². The summed E-state index contributed by atoms with van der Waals surface area (Å²) < 4.78 is 0. The zero-order chi connectivity index (χ0) is 12.8. The monoisotopic (exact) mass is 241 g/mol. The lowest BCUT2D eigenvalue weighted by atomic mass is 9.97. The topological polar surface area (TPSA) is 61.4 Å². The van der Waals surface area contributed by atoms with Crippen molar-refractivity contribution >= 4 is 11.9 Å². The van der Waals surface area contributed by atoms with E-state index in [0.29, 0.717) is 12.5 Å². The predicted molar refractivity (Wildman–Crippen MR) is 66.6 cm³/mol. The molecule has 2 N–H and O–H groups in total. The summed E-state index contributed by atoms with van der Waals surface area (Å²) in [5, 5.41) is 5.67. The minimum absolute atomic E-state index is 0.103. The van der Waals surface area contributed by atoms with E-state index < -0.39 is 0 Å². The summed E-state index contributed by atoms with van der Waals surface area (Å²) in [6, 6.07) is 0.0588. The normalized spacial score (nSPS) is 17.1. The molecule has 3 amide bonds. The minimum atomic E-state index is -0.103. The van der Waals surface area contributed by atoms with Crippen molar-refractivity contribution in [2.45, 2.75) is 39.7 Å². The first-order valence-corrected chi connectivity index (χ1v) is 6.29. The highest BCUT2D eigenvalue weighted by atomic mass is 16.2. The van der Waals surface area contributed by atoms with Crippen LogP contribution in [0.25, 0.3) is 0 Å². The van der Waals surface area contributed by atoms with E-state index in [4.69, 9.17) is 0 Å². The van der Waals surface area contributed by atoms with Gasteiger partial charge >= 0.3 is 6.03 Å². The molecule has 0 unspecified atom stereocenters. The highest BCUT2D eigenvalue weighted by Crippen LogP contribution is 2.16. The zero-order valence-corrected chi connectivity index (χ0v) is 11.0. The largest absolute Gasteiger partial charge is 0.343 e. The van der Waals surface area contributed by atoms with Crippen molar-refractivity contribution in [3.8, 4) is 0 Å². The van der Waals surface area contributed by atoms with Gasteiger partial charge < -0.3 is 15.5 Å². The van der Waals surface area contributed by atoms with Gasteiger partial charge in [0.05, 0.1) is 0 Å². The van der Waals surface area contributed by atoms with Crippen LogP contribution in [0.15, 0.2) is 0 Å².